The van der Waals surface area contributed by atoms with Crippen LogP contribution in [-0.2, 0) is 0 Å². The Bertz CT molecular complexity index is 311. The molecule has 0 aliphatic rings. The summed E-state index contributed by atoms with van der Waals surface area (Å²) in [5.41, 5.74) is -1.00. The van der Waals surface area contributed by atoms with E-state index in [4.69, 9.17) is 20.4 Å². The Morgan fingerprint density at radius 2 is 1.91 bits per heavy atom. The van der Waals surface area contributed by atoms with Gasteiger partial charge in [0.2, 0.25) is 6.41 Å². The SMILES string of the molecule is O=c1[nH]c(O)c(O)n1C(O)O. The predicted octanol–water partition coefficient (Wildman–Crippen LogP) is -1.97. The smallest absolute Gasteiger partial charge is 0.335 e. The van der Waals surface area contributed by atoms with Crippen molar-refractivity contribution in [1.82, 2.24) is 9.55 Å². The van der Waals surface area contributed by atoms with E-state index in [0.29, 0.717) is 0 Å². The molecule has 0 aliphatic heterocycles. The summed E-state index contributed by atoms with van der Waals surface area (Å²) in [4.78, 5) is 12.3. The molecule has 0 unspecified atom stereocenters. The van der Waals surface area contributed by atoms with Crippen molar-refractivity contribution in [3.05, 3.63) is 10.5 Å². The molecule has 5 N–H and O–H groups in total. The Balaban J connectivity index is 3.34. The quantitative estimate of drug-likeness (QED) is 0.307. The number of aliphatic hydroxyl groups excluding tert-OH is 1. The fourth-order valence-corrected chi connectivity index (χ4v) is 0.642. The van der Waals surface area contributed by atoms with Crippen LogP contribution in [0, 0.1) is 0 Å². The van der Waals surface area contributed by atoms with E-state index in [0.717, 1.165) is 0 Å². The average molecular weight is 162 g/mol. The Hall–Kier alpha value is -1.47. The average Bonchev–Trinajstić information content (AvgIpc) is 2.07. The van der Waals surface area contributed by atoms with Crippen molar-refractivity contribution in [1.29, 1.82) is 0 Å². The molecule has 0 atom stereocenters. The second kappa shape index (κ2) is 2.29. The van der Waals surface area contributed by atoms with Gasteiger partial charge >= 0.3 is 5.69 Å². The van der Waals surface area contributed by atoms with E-state index >= 15 is 0 Å². The van der Waals surface area contributed by atoms with Gasteiger partial charge in [0.1, 0.15) is 0 Å². The molecule has 0 radical (unpaired) electrons. The molecule has 0 spiro atoms. The molecule has 0 saturated heterocycles. The molecule has 1 rings (SSSR count). The first-order chi connectivity index (χ1) is 5.04. The van der Waals surface area contributed by atoms with Crippen molar-refractivity contribution in [2.75, 3.05) is 0 Å². The molecule has 7 heteroatoms. The first kappa shape index (κ1) is 7.63. The number of rotatable bonds is 1. The van der Waals surface area contributed by atoms with Crippen LogP contribution >= 0.6 is 0 Å². The Kier molecular flexibility index (Phi) is 1.59. The lowest BCUT2D eigenvalue weighted by Gasteiger charge is -2.02. The van der Waals surface area contributed by atoms with Crippen LogP contribution in [-0.4, -0.2) is 30.0 Å². The van der Waals surface area contributed by atoms with Crippen LogP contribution in [0.5, 0.6) is 11.8 Å². The van der Waals surface area contributed by atoms with Gasteiger partial charge in [-0.25, -0.2) is 9.36 Å². The number of nitrogens with one attached hydrogen (secondary N) is 1. The monoisotopic (exact) mass is 162 g/mol. The van der Waals surface area contributed by atoms with Gasteiger partial charge in [0.15, 0.2) is 0 Å². The summed E-state index contributed by atoms with van der Waals surface area (Å²) >= 11 is 0. The minimum Gasteiger partial charge on any atom is -0.491 e. The molecule has 62 valence electrons. The van der Waals surface area contributed by atoms with Crippen molar-refractivity contribution in [3.63, 3.8) is 0 Å². The second-order valence-electron chi connectivity index (χ2n) is 1.82. The topological polar surface area (TPSA) is 119 Å². The van der Waals surface area contributed by atoms with Crippen molar-refractivity contribution in [3.8, 4) is 11.8 Å². The van der Waals surface area contributed by atoms with Gasteiger partial charge in [0.05, 0.1) is 0 Å². The van der Waals surface area contributed by atoms with Crippen LogP contribution in [0.2, 0.25) is 0 Å². The first-order valence-electron chi connectivity index (χ1n) is 2.62. The van der Waals surface area contributed by atoms with Crippen LogP contribution in [0.1, 0.15) is 6.41 Å². The van der Waals surface area contributed by atoms with E-state index < -0.39 is 23.9 Å². The van der Waals surface area contributed by atoms with E-state index in [1.165, 1.54) is 0 Å². The van der Waals surface area contributed by atoms with Crippen LogP contribution < -0.4 is 5.69 Å². The molecule has 11 heavy (non-hydrogen) atoms. The fraction of sp³-hybridized carbons (Fsp3) is 0.250. The summed E-state index contributed by atoms with van der Waals surface area (Å²) in [7, 11) is 0. The molecule has 1 aromatic heterocycles. The second-order valence-corrected chi connectivity index (χ2v) is 1.82. The molecule has 0 bridgehead atoms. The molecule has 0 aromatic carbocycles. The third-order valence-corrected chi connectivity index (χ3v) is 1.12. The Morgan fingerprint density at radius 3 is 2.09 bits per heavy atom. The number of imidazole rings is 1. The molecule has 7 nitrogen and oxygen atoms in total. The molecule has 0 amide bonds. The zero-order chi connectivity index (χ0) is 8.59. The number of aromatic hydroxyl groups is 2. The third-order valence-electron chi connectivity index (χ3n) is 1.12. The van der Waals surface area contributed by atoms with Crippen molar-refractivity contribution in [2.45, 2.75) is 6.41 Å². The summed E-state index contributed by atoms with van der Waals surface area (Å²) in [6.07, 6.45) is -2.17. The molecule has 1 aromatic rings. The molecular weight excluding hydrogens is 156 g/mol. The maximum atomic E-state index is 10.6. The van der Waals surface area contributed by atoms with Gasteiger partial charge in [0.25, 0.3) is 11.8 Å². The van der Waals surface area contributed by atoms with Gasteiger partial charge in [-0.1, -0.05) is 0 Å². The lowest BCUT2D eigenvalue weighted by atomic mass is 10.7. The zero-order valence-electron chi connectivity index (χ0n) is 5.22. The summed E-state index contributed by atoms with van der Waals surface area (Å²) in [5, 5.41) is 34.2. The van der Waals surface area contributed by atoms with Gasteiger partial charge in [-0.05, 0) is 0 Å². The minimum atomic E-state index is -2.17. The van der Waals surface area contributed by atoms with Crippen LogP contribution in [0.25, 0.3) is 0 Å². The maximum absolute atomic E-state index is 10.6. The van der Waals surface area contributed by atoms with E-state index in [-0.39, 0.29) is 4.57 Å². The van der Waals surface area contributed by atoms with E-state index in [1.54, 1.807) is 4.98 Å². The molecular formula is C4H6N2O5. The van der Waals surface area contributed by atoms with Gasteiger partial charge < -0.3 is 20.4 Å². The normalized spacial score (nSPS) is 10.8. The minimum absolute atomic E-state index is 0.176. The molecule has 1 heterocycles. The molecule has 0 saturated carbocycles. The number of aromatic nitrogens is 2. The van der Waals surface area contributed by atoms with Crippen LogP contribution in [0.3, 0.4) is 0 Å². The van der Waals surface area contributed by atoms with Crippen molar-refractivity contribution >= 4 is 0 Å². The summed E-state index contributed by atoms with van der Waals surface area (Å²) in [5.74, 6) is -1.71. The summed E-state index contributed by atoms with van der Waals surface area (Å²) in [6.45, 7) is 0. The van der Waals surface area contributed by atoms with Gasteiger partial charge in [-0.3, -0.25) is 4.98 Å². The predicted molar refractivity (Wildman–Crippen MR) is 31.9 cm³/mol. The van der Waals surface area contributed by atoms with E-state index in [2.05, 4.69) is 0 Å². The Morgan fingerprint density at radius 1 is 1.36 bits per heavy atom. The highest BCUT2D eigenvalue weighted by atomic mass is 16.5. The number of H-pyrrole nitrogens is 1. The lowest BCUT2D eigenvalue weighted by Crippen LogP contribution is -2.21. The van der Waals surface area contributed by atoms with E-state index in [1.807, 2.05) is 0 Å². The highest BCUT2D eigenvalue weighted by Crippen LogP contribution is 2.20. The van der Waals surface area contributed by atoms with Gasteiger partial charge in [-0.2, -0.15) is 0 Å². The first-order valence-corrected chi connectivity index (χ1v) is 2.62. The lowest BCUT2D eigenvalue weighted by molar-refractivity contribution is -0.107. The highest BCUT2D eigenvalue weighted by Gasteiger charge is 2.15. The number of nitrogens with zero attached hydrogens (tertiary/aromatic N) is 1. The third kappa shape index (κ3) is 1.06. The number of hydrogen-bond donors (Lipinski definition) is 5. The van der Waals surface area contributed by atoms with Crippen molar-refractivity contribution in [2.24, 2.45) is 0 Å². The van der Waals surface area contributed by atoms with Gasteiger partial charge in [0, 0.05) is 0 Å². The number of aliphatic hydroxyl groups is 2. The van der Waals surface area contributed by atoms with Gasteiger partial charge in [-0.15, -0.1) is 0 Å². The summed E-state index contributed by atoms with van der Waals surface area (Å²) in [6, 6.07) is 0. The number of hydrogen-bond acceptors (Lipinski definition) is 5. The molecule has 0 fully saturated rings. The fourth-order valence-electron chi connectivity index (χ4n) is 0.642. The standard InChI is InChI=1S/C4H6N2O5/c7-1-2(8)6(4(10)11)3(9)5-1/h4,7-8,10-11H,(H,5,9). The highest BCUT2D eigenvalue weighted by molar-refractivity contribution is 5.23. The van der Waals surface area contributed by atoms with Crippen LogP contribution in [0.15, 0.2) is 4.79 Å². The zero-order valence-corrected chi connectivity index (χ0v) is 5.22. The maximum Gasteiger partial charge on any atom is 0.335 e. The Labute approximate surface area is 59.8 Å². The molecule has 0 aliphatic carbocycles. The van der Waals surface area contributed by atoms with E-state index in [9.17, 15) is 4.79 Å². The largest absolute Gasteiger partial charge is 0.491 e. The summed E-state index contributed by atoms with van der Waals surface area (Å²) < 4.78 is 0.176. The van der Waals surface area contributed by atoms with Crippen LogP contribution in [0.4, 0.5) is 0 Å². The van der Waals surface area contributed by atoms with Crippen molar-refractivity contribution < 1.29 is 20.4 Å². The number of aromatic amines is 1.